The smallest absolute Gasteiger partial charge is 0.140 e. The molecular weight excluding hydrogens is 262 g/mol. The number of anilines is 1. The number of imidazole rings is 1. The van der Waals surface area contributed by atoms with Crippen molar-refractivity contribution in [1.29, 1.82) is 5.26 Å². The van der Waals surface area contributed by atoms with Gasteiger partial charge in [-0.05, 0) is 23.8 Å². The van der Waals surface area contributed by atoms with Crippen LogP contribution >= 0.6 is 0 Å². The van der Waals surface area contributed by atoms with Gasteiger partial charge in [0, 0.05) is 18.9 Å². The minimum Gasteiger partial charge on any atom is -0.380 e. The van der Waals surface area contributed by atoms with Crippen molar-refractivity contribution in [3.8, 4) is 11.8 Å². The lowest BCUT2D eigenvalue weighted by Crippen LogP contribution is -2.04. The minimum absolute atomic E-state index is 0.416. The van der Waals surface area contributed by atoms with E-state index >= 15 is 0 Å². The molecule has 0 spiro atoms. The molecule has 5 heteroatoms. The number of hydrogen-bond acceptors (Lipinski definition) is 4. The van der Waals surface area contributed by atoms with Gasteiger partial charge in [0.15, 0.2) is 0 Å². The van der Waals surface area contributed by atoms with E-state index < -0.39 is 0 Å². The second kappa shape index (κ2) is 5.88. The number of nitrogens with zero attached hydrogens (tertiary/aromatic N) is 4. The summed E-state index contributed by atoms with van der Waals surface area (Å²) in [6.45, 7) is 0.669. The van der Waals surface area contributed by atoms with E-state index in [4.69, 9.17) is 5.26 Å². The molecular formula is C16H13N5. The van der Waals surface area contributed by atoms with E-state index in [1.54, 1.807) is 24.8 Å². The summed E-state index contributed by atoms with van der Waals surface area (Å²) >= 11 is 0. The summed E-state index contributed by atoms with van der Waals surface area (Å²) in [5.74, 6) is 0. The second-order valence-corrected chi connectivity index (χ2v) is 4.50. The van der Waals surface area contributed by atoms with Gasteiger partial charge in [-0.2, -0.15) is 5.26 Å². The maximum atomic E-state index is 8.74. The Morgan fingerprint density at radius 1 is 1.19 bits per heavy atom. The predicted octanol–water partition coefficient (Wildman–Crippen LogP) is 2.75. The topological polar surface area (TPSA) is 66.5 Å². The van der Waals surface area contributed by atoms with Crippen LogP contribution in [0.4, 0.5) is 5.69 Å². The molecule has 1 aromatic carbocycles. The fraction of sp³-hybridized carbons (Fsp3) is 0.0625. The Morgan fingerprint density at radius 2 is 2.10 bits per heavy atom. The molecule has 2 aromatic heterocycles. The third-order valence-electron chi connectivity index (χ3n) is 3.14. The third kappa shape index (κ3) is 2.90. The van der Waals surface area contributed by atoms with Gasteiger partial charge in [0.1, 0.15) is 11.8 Å². The zero-order valence-corrected chi connectivity index (χ0v) is 11.3. The number of nitriles is 1. The van der Waals surface area contributed by atoms with E-state index in [-0.39, 0.29) is 0 Å². The van der Waals surface area contributed by atoms with Crippen LogP contribution in [0, 0.1) is 11.3 Å². The molecule has 0 unspecified atom stereocenters. The molecule has 0 aliphatic carbocycles. The molecule has 0 aliphatic rings. The van der Waals surface area contributed by atoms with Crippen LogP contribution in [0.25, 0.3) is 5.69 Å². The zero-order valence-electron chi connectivity index (χ0n) is 11.3. The second-order valence-electron chi connectivity index (χ2n) is 4.50. The van der Waals surface area contributed by atoms with Crippen LogP contribution in [0.5, 0.6) is 0 Å². The Bertz CT molecular complexity index is 754. The fourth-order valence-corrected chi connectivity index (χ4v) is 2.08. The Morgan fingerprint density at radius 3 is 2.81 bits per heavy atom. The maximum Gasteiger partial charge on any atom is 0.140 e. The van der Waals surface area contributed by atoms with Crippen LogP contribution in [-0.4, -0.2) is 14.5 Å². The maximum absolute atomic E-state index is 8.74. The first-order valence-corrected chi connectivity index (χ1v) is 6.53. The first-order chi connectivity index (χ1) is 10.4. The Labute approximate surface area is 122 Å². The number of para-hydroxylation sites is 1. The molecule has 2 heterocycles. The SMILES string of the molecule is N#Cc1ccc(NCc2ccccc2-n2ccnc2)cn1. The average molecular weight is 275 g/mol. The molecule has 0 bridgehead atoms. The number of hydrogen-bond donors (Lipinski definition) is 1. The van der Waals surface area contributed by atoms with Crippen molar-refractivity contribution < 1.29 is 0 Å². The molecule has 0 fully saturated rings. The van der Waals surface area contributed by atoms with Crippen molar-refractivity contribution in [3.63, 3.8) is 0 Å². The lowest BCUT2D eigenvalue weighted by molar-refractivity contribution is 1.01. The van der Waals surface area contributed by atoms with Crippen LogP contribution in [0.2, 0.25) is 0 Å². The minimum atomic E-state index is 0.416. The first-order valence-electron chi connectivity index (χ1n) is 6.53. The quantitative estimate of drug-likeness (QED) is 0.795. The van der Waals surface area contributed by atoms with Gasteiger partial charge in [-0.25, -0.2) is 9.97 Å². The van der Waals surface area contributed by atoms with Gasteiger partial charge in [-0.15, -0.1) is 0 Å². The summed E-state index contributed by atoms with van der Waals surface area (Å²) in [5.41, 5.74) is 3.54. The van der Waals surface area contributed by atoms with Gasteiger partial charge in [0.05, 0.1) is 23.9 Å². The highest BCUT2D eigenvalue weighted by Crippen LogP contribution is 2.16. The monoisotopic (exact) mass is 275 g/mol. The van der Waals surface area contributed by atoms with Crippen molar-refractivity contribution in [1.82, 2.24) is 14.5 Å². The fourth-order valence-electron chi connectivity index (χ4n) is 2.08. The highest BCUT2D eigenvalue weighted by atomic mass is 15.0. The molecule has 0 atom stereocenters. The van der Waals surface area contributed by atoms with Gasteiger partial charge in [0.2, 0.25) is 0 Å². The third-order valence-corrected chi connectivity index (χ3v) is 3.14. The van der Waals surface area contributed by atoms with Crippen LogP contribution in [0.3, 0.4) is 0 Å². The number of aromatic nitrogens is 3. The van der Waals surface area contributed by atoms with Gasteiger partial charge in [0.25, 0.3) is 0 Å². The lowest BCUT2D eigenvalue weighted by Gasteiger charge is -2.11. The van der Waals surface area contributed by atoms with Gasteiger partial charge in [-0.3, -0.25) is 0 Å². The van der Waals surface area contributed by atoms with Crippen molar-refractivity contribution in [3.05, 3.63) is 72.6 Å². The van der Waals surface area contributed by atoms with Gasteiger partial charge >= 0.3 is 0 Å². The standard InChI is InChI=1S/C16H13N5/c17-9-14-5-6-15(11-20-14)19-10-13-3-1-2-4-16(13)21-8-7-18-12-21/h1-8,11-12,19H,10H2. The van der Waals surface area contributed by atoms with Crippen LogP contribution in [0.15, 0.2) is 61.3 Å². The largest absolute Gasteiger partial charge is 0.380 e. The molecule has 3 aromatic rings. The molecule has 102 valence electrons. The van der Waals surface area contributed by atoms with Crippen LogP contribution in [0.1, 0.15) is 11.3 Å². The highest BCUT2D eigenvalue weighted by Gasteiger charge is 2.03. The number of rotatable bonds is 4. The normalized spacial score (nSPS) is 10.0. The van der Waals surface area contributed by atoms with E-state index in [9.17, 15) is 0 Å². The highest BCUT2D eigenvalue weighted by molar-refractivity contribution is 5.47. The Hall–Kier alpha value is -3.13. The van der Waals surface area contributed by atoms with E-state index in [2.05, 4.69) is 27.4 Å². The summed E-state index contributed by atoms with van der Waals surface area (Å²) in [5, 5.41) is 12.0. The zero-order chi connectivity index (χ0) is 14.5. The molecule has 0 aliphatic heterocycles. The van der Waals surface area contributed by atoms with E-state index in [1.807, 2.05) is 35.0 Å². The van der Waals surface area contributed by atoms with Crippen molar-refractivity contribution in [2.24, 2.45) is 0 Å². The molecule has 1 N–H and O–H groups in total. The first kappa shape index (κ1) is 12.9. The number of nitrogens with one attached hydrogen (secondary N) is 1. The summed E-state index contributed by atoms with van der Waals surface area (Å²) in [6.07, 6.45) is 7.12. The molecule has 3 rings (SSSR count). The predicted molar refractivity (Wildman–Crippen MR) is 79.8 cm³/mol. The summed E-state index contributed by atoms with van der Waals surface area (Å²) in [7, 11) is 0. The van der Waals surface area contributed by atoms with Gasteiger partial charge in [-0.1, -0.05) is 18.2 Å². The van der Waals surface area contributed by atoms with Crippen molar-refractivity contribution in [2.75, 3.05) is 5.32 Å². The summed E-state index contributed by atoms with van der Waals surface area (Å²) in [4.78, 5) is 8.12. The lowest BCUT2D eigenvalue weighted by atomic mass is 10.1. The summed E-state index contributed by atoms with van der Waals surface area (Å²) < 4.78 is 1.98. The molecule has 5 nitrogen and oxygen atoms in total. The van der Waals surface area contributed by atoms with E-state index in [0.717, 1.165) is 16.9 Å². The molecule has 0 saturated carbocycles. The van der Waals surface area contributed by atoms with E-state index in [0.29, 0.717) is 12.2 Å². The van der Waals surface area contributed by atoms with Crippen molar-refractivity contribution in [2.45, 2.75) is 6.54 Å². The van der Waals surface area contributed by atoms with Gasteiger partial charge < -0.3 is 9.88 Å². The van der Waals surface area contributed by atoms with Crippen LogP contribution in [-0.2, 0) is 6.54 Å². The Balaban J connectivity index is 1.78. The van der Waals surface area contributed by atoms with E-state index in [1.165, 1.54) is 0 Å². The molecule has 0 radical (unpaired) electrons. The average Bonchev–Trinajstić information content (AvgIpc) is 3.08. The number of pyridine rings is 1. The van der Waals surface area contributed by atoms with Crippen molar-refractivity contribution >= 4 is 5.69 Å². The van der Waals surface area contributed by atoms with Crippen LogP contribution < -0.4 is 5.32 Å². The molecule has 0 saturated heterocycles. The number of benzene rings is 1. The molecule has 21 heavy (non-hydrogen) atoms. The molecule has 0 amide bonds. The Kier molecular flexibility index (Phi) is 3.61. The summed E-state index contributed by atoms with van der Waals surface area (Å²) in [6, 6.07) is 13.7.